The molecular formula is C15H9Br2ClS. The van der Waals surface area contributed by atoms with Gasteiger partial charge in [0.1, 0.15) is 0 Å². The minimum atomic E-state index is -0.116. The summed E-state index contributed by atoms with van der Waals surface area (Å²) in [5, 5.41) is 2.27. The van der Waals surface area contributed by atoms with E-state index in [4.69, 9.17) is 11.6 Å². The molecule has 0 N–H and O–H groups in total. The number of fused-ring (bicyclic) bond motifs is 1. The van der Waals surface area contributed by atoms with E-state index in [0.717, 1.165) is 18.7 Å². The Balaban J connectivity index is 2.18. The van der Waals surface area contributed by atoms with Gasteiger partial charge in [0.15, 0.2) is 0 Å². The van der Waals surface area contributed by atoms with Gasteiger partial charge < -0.3 is 0 Å². The molecule has 1 aromatic heterocycles. The van der Waals surface area contributed by atoms with Crippen molar-refractivity contribution in [3.8, 4) is 0 Å². The van der Waals surface area contributed by atoms with Gasteiger partial charge >= 0.3 is 0 Å². The third-order valence-corrected chi connectivity index (χ3v) is 6.00. The predicted molar refractivity (Wildman–Crippen MR) is 91.4 cm³/mol. The maximum absolute atomic E-state index is 6.65. The van der Waals surface area contributed by atoms with E-state index < -0.39 is 0 Å². The summed E-state index contributed by atoms with van der Waals surface area (Å²) in [7, 11) is 0. The molecule has 96 valence electrons. The van der Waals surface area contributed by atoms with Crippen LogP contribution in [0.4, 0.5) is 0 Å². The average molecular weight is 417 g/mol. The highest BCUT2D eigenvalue weighted by Gasteiger charge is 2.16. The molecule has 0 aliphatic rings. The zero-order chi connectivity index (χ0) is 13.4. The standard InChI is InChI=1S/C15H9Br2ClS/c16-12-6-5-11(9-3-1-2-4-10(9)12)15(18)13-7-8-14(17)19-13/h1-8,15H. The minimum absolute atomic E-state index is 0.116. The van der Waals surface area contributed by atoms with Gasteiger partial charge in [0.05, 0.1) is 9.16 Å². The molecule has 1 heterocycles. The van der Waals surface area contributed by atoms with Crippen molar-refractivity contribution in [2.75, 3.05) is 0 Å². The Morgan fingerprint density at radius 1 is 0.895 bits per heavy atom. The SMILES string of the molecule is ClC(c1ccc(Br)s1)c1ccc(Br)c2ccccc12. The number of rotatable bonds is 2. The second-order valence-electron chi connectivity index (χ2n) is 4.19. The van der Waals surface area contributed by atoms with E-state index in [9.17, 15) is 0 Å². The lowest BCUT2D eigenvalue weighted by Crippen LogP contribution is -1.92. The van der Waals surface area contributed by atoms with Crippen molar-refractivity contribution in [3.63, 3.8) is 0 Å². The average Bonchev–Trinajstić information content (AvgIpc) is 2.86. The van der Waals surface area contributed by atoms with Gasteiger partial charge in [0, 0.05) is 9.35 Å². The van der Waals surface area contributed by atoms with Crippen LogP contribution in [0.15, 0.2) is 56.8 Å². The van der Waals surface area contributed by atoms with E-state index in [0.29, 0.717) is 0 Å². The smallest absolute Gasteiger partial charge is 0.0934 e. The predicted octanol–water partition coefficient (Wildman–Crippen LogP) is 6.75. The van der Waals surface area contributed by atoms with E-state index in [-0.39, 0.29) is 5.38 Å². The van der Waals surface area contributed by atoms with Crippen molar-refractivity contribution in [2.24, 2.45) is 0 Å². The molecule has 0 aliphatic carbocycles. The van der Waals surface area contributed by atoms with E-state index in [1.54, 1.807) is 11.3 Å². The molecule has 0 radical (unpaired) electrons. The fourth-order valence-electron chi connectivity index (χ4n) is 2.12. The third-order valence-electron chi connectivity index (χ3n) is 3.02. The summed E-state index contributed by atoms with van der Waals surface area (Å²) in [6.45, 7) is 0. The van der Waals surface area contributed by atoms with Gasteiger partial charge in [-0.05, 0) is 50.5 Å². The van der Waals surface area contributed by atoms with Crippen LogP contribution in [0.5, 0.6) is 0 Å². The van der Waals surface area contributed by atoms with Crippen LogP contribution in [0, 0.1) is 0 Å². The lowest BCUT2D eigenvalue weighted by Gasteiger charge is -2.12. The number of halogens is 3. The van der Waals surface area contributed by atoms with Crippen LogP contribution < -0.4 is 0 Å². The van der Waals surface area contributed by atoms with E-state index in [2.05, 4.69) is 62.2 Å². The molecule has 0 spiro atoms. The Bertz CT molecular complexity index is 736. The van der Waals surface area contributed by atoms with Crippen molar-refractivity contribution in [1.29, 1.82) is 0 Å². The molecule has 0 amide bonds. The van der Waals surface area contributed by atoms with Gasteiger partial charge in [-0.2, -0.15) is 0 Å². The van der Waals surface area contributed by atoms with Crippen molar-refractivity contribution < 1.29 is 0 Å². The minimum Gasteiger partial charge on any atom is -0.131 e. The Morgan fingerprint density at radius 2 is 1.63 bits per heavy atom. The first-order chi connectivity index (χ1) is 9.16. The maximum Gasteiger partial charge on any atom is 0.0934 e. The topological polar surface area (TPSA) is 0 Å². The van der Waals surface area contributed by atoms with Crippen LogP contribution in [0.1, 0.15) is 15.8 Å². The summed E-state index contributed by atoms with van der Waals surface area (Å²) >= 11 is 15.4. The fraction of sp³-hybridized carbons (Fsp3) is 0.0667. The van der Waals surface area contributed by atoms with Gasteiger partial charge in [-0.25, -0.2) is 0 Å². The van der Waals surface area contributed by atoms with Gasteiger partial charge in [-0.1, -0.05) is 46.3 Å². The zero-order valence-corrected chi connectivity index (χ0v) is 14.5. The number of alkyl halides is 1. The molecule has 0 saturated heterocycles. The summed E-state index contributed by atoms with van der Waals surface area (Å²) in [5.41, 5.74) is 1.15. The van der Waals surface area contributed by atoms with Gasteiger partial charge in [0.2, 0.25) is 0 Å². The first-order valence-corrected chi connectivity index (χ1v) is 8.57. The van der Waals surface area contributed by atoms with Crippen molar-refractivity contribution in [3.05, 3.63) is 67.2 Å². The summed E-state index contributed by atoms with van der Waals surface area (Å²) in [4.78, 5) is 1.15. The highest BCUT2D eigenvalue weighted by atomic mass is 79.9. The van der Waals surface area contributed by atoms with Gasteiger partial charge in [-0.3, -0.25) is 0 Å². The van der Waals surface area contributed by atoms with Crippen LogP contribution in [-0.4, -0.2) is 0 Å². The molecular weight excluding hydrogens is 407 g/mol. The number of hydrogen-bond acceptors (Lipinski definition) is 1. The van der Waals surface area contributed by atoms with E-state index in [1.165, 1.54) is 10.8 Å². The fourth-order valence-corrected chi connectivity index (χ4v) is 4.42. The number of thiophene rings is 1. The lowest BCUT2D eigenvalue weighted by molar-refractivity contribution is 1.21. The lowest BCUT2D eigenvalue weighted by atomic mass is 10.0. The van der Waals surface area contributed by atoms with E-state index in [1.807, 2.05) is 18.2 Å². The van der Waals surface area contributed by atoms with Crippen molar-refractivity contribution in [1.82, 2.24) is 0 Å². The molecule has 19 heavy (non-hydrogen) atoms. The number of benzene rings is 2. The molecule has 2 aromatic carbocycles. The van der Waals surface area contributed by atoms with Crippen LogP contribution >= 0.6 is 54.8 Å². The molecule has 1 unspecified atom stereocenters. The molecule has 0 bridgehead atoms. The van der Waals surface area contributed by atoms with Crippen molar-refractivity contribution in [2.45, 2.75) is 5.38 Å². The van der Waals surface area contributed by atoms with Crippen LogP contribution in [-0.2, 0) is 0 Å². The maximum atomic E-state index is 6.65. The molecule has 3 rings (SSSR count). The molecule has 0 fully saturated rings. The summed E-state index contributed by atoms with van der Waals surface area (Å²) in [6.07, 6.45) is 0. The Hall–Kier alpha value is -0.350. The summed E-state index contributed by atoms with van der Waals surface area (Å²) < 4.78 is 2.21. The normalized spacial score (nSPS) is 12.8. The van der Waals surface area contributed by atoms with Crippen LogP contribution in [0.25, 0.3) is 10.8 Å². The quantitative estimate of drug-likeness (QED) is 0.405. The molecule has 0 saturated carbocycles. The third kappa shape index (κ3) is 2.62. The first kappa shape index (κ1) is 13.6. The second-order valence-corrected chi connectivity index (χ2v) is 7.97. The Labute approximate surface area is 137 Å². The molecule has 0 nitrogen and oxygen atoms in total. The highest BCUT2D eigenvalue weighted by molar-refractivity contribution is 9.11. The van der Waals surface area contributed by atoms with Gasteiger partial charge in [-0.15, -0.1) is 22.9 Å². The Kier molecular flexibility index (Phi) is 3.99. The van der Waals surface area contributed by atoms with Crippen LogP contribution in [0.3, 0.4) is 0 Å². The van der Waals surface area contributed by atoms with Crippen molar-refractivity contribution >= 4 is 65.6 Å². The first-order valence-electron chi connectivity index (χ1n) is 5.73. The molecule has 3 aromatic rings. The van der Waals surface area contributed by atoms with Gasteiger partial charge in [0.25, 0.3) is 0 Å². The van der Waals surface area contributed by atoms with E-state index >= 15 is 0 Å². The highest BCUT2D eigenvalue weighted by Crippen LogP contribution is 2.39. The molecule has 4 heteroatoms. The Morgan fingerprint density at radius 3 is 2.32 bits per heavy atom. The zero-order valence-electron chi connectivity index (χ0n) is 9.74. The second kappa shape index (κ2) is 5.57. The summed E-state index contributed by atoms with van der Waals surface area (Å²) in [6, 6.07) is 16.6. The summed E-state index contributed by atoms with van der Waals surface area (Å²) in [5.74, 6) is 0. The molecule has 1 atom stereocenters. The molecule has 0 aliphatic heterocycles. The van der Waals surface area contributed by atoms with Crippen LogP contribution in [0.2, 0.25) is 0 Å². The number of hydrogen-bond donors (Lipinski definition) is 0. The monoisotopic (exact) mass is 414 g/mol. The largest absolute Gasteiger partial charge is 0.131 e.